The van der Waals surface area contributed by atoms with Gasteiger partial charge in [0.2, 0.25) is 0 Å². The number of hydrogen-bond donors (Lipinski definition) is 1. The molecule has 1 aromatic heterocycles. The molecule has 0 unspecified atom stereocenters. The molecule has 4 heteroatoms. The summed E-state index contributed by atoms with van der Waals surface area (Å²) < 4.78 is 0. The Labute approximate surface area is 172 Å². The van der Waals surface area contributed by atoms with E-state index in [0.717, 1.165) is 25.9 Å². The van der Waals surface area contributed by atoms with Gasteiger partial charge in [-0.25, -0.2) is 4.99 Å². The van der Waals surface area contributed by atoms with Gasteiger partial charge in [-0.1, -0.05) is 17.7 Å². The highest BCUT2D eigenvalue weighted by molar-refractivity contribution is 5.93. The van der Waals surface area contributed by atoms with E-state index in [0.29, 0.717) is 0 Å². The van der Waals surface area contributed by atoms with Gasteiger partial charge in [0.15, 0.2) is 0 Å². The highest BCUT2D eigenvalue weighted by Crippen LogP contribution is 2.35. The highest BCUT2D eigenvalue weighted by atomic mass is 15.2. The Morgan fingerprint density at radius 2 is 1.83 bits per heavy atom. The van der Waals surface area contributed by atoms with Crippen molar-refractivity contribution in [1.82, 2.24) is 9.88 Å². The van der Waals surface area contributed by atoms with Gasteiger partial charge in [0.05, 0.1) is 5.69 Å². The number of nitrogens with one attached hydrogen (secondary N) is 1. The molecule has 1 saturated heterocycles. The predicted molar refractivity (Wildman–Crippen MR) is 120 cm³/mol. The molecule has 0 radical (unpaired) electrons. The zero-order valence-corrected chi connectivity index (χ0v) is 17.2. The lowest BCUT2D eigenvalue weighted by Gasteiger charge is -2.29. The lowest BCUT2D eigenvalue weighted by atomic mass is 10.0. The highest BCUT2D eigenvalue weighted by Gasteiger charge is 2.24. The van der Waals surface area contributed by atoms with Crippen molar-refractivity contribution in [3.63, 3.8) is 0 Å². The Morgan fingerprint density at radius 1 is 0.931 bits per heavy atom. The van der Waals surface area contributed by atoms with Gasteiger partial charge in [0, 0.05) is 66.9 Å². The number of aromatic amines is 1. The van der Waals surface area contributed by atoms with Crippen molar-refractivity contribution in [2.45, 2.75) is 45.6 Å². The summed E-state index contributed by atoms with van der Waals surface area (Å²) in [4.78, 5) is 13.7. The second-order valence-corrected chi connectivity index (χ2v) is 8.87. The average Bonchev–Trinajstić information content (AvgIpc) is 3.34. The number of aromatic nitrogens is 1. The van der Waals surface area contributed by atoms with Crippen molar-refractivity contribution in [3.8, 4) is 0 Å². The number of aliphatic imine (C=N–C) groups is 1. The van der Waals surface area contributed by atoms with Crippen molar-refractivity contribution >= 4 is 28.1 Å². The lowest BCUT2D eigenvalue weighted by Crippen LogP contribution is -2.35. The topological polar surface area (TPSA) is 34.6 Å². The number of fused-ring (bicyclic) bond motifs is 4. The minimum Gasteiger partial charge on any atom is -0.367 e. The molecule has 0 atom stereocenters. The molecule has 1 fully saturated rings. The number of piperidine rings is 1. The van der Waals surface area contributed by atoms with Gasteiger partial charge in [0.1, 0.15) is 5.84 Å². The molecule has 0 aliphatic carbocycles. The molecule has 4 nitrogen and oxygen atoms in total. The number of likely N-dealkylation sites (tertiary alicyclic amines) is 1. The van der Waals surface area contributed by atoms with Crippen molar-refractivity contribution in [1.29, 1.82) is 0 Å². The first-order chi connectivity index (χ1) is 14.2. The average molecular weight is 385 g/mol. The maximum atomic E-state index is 5.04. The second kappa shape index (κ2) is 6.65. The smallest absolute Gasteiger partial charge is 0.109 e. The molecule has 3 aromatic rings. The van der Waals surface area contributed by atoms with Gasteiger partial charge >= 0.3 is 0 Å². The lowest BCUT2D eigenvalue weighted by molar-refractivity contribution is 0.339. The molecule has 3 aliphatic heterocycles. The van der Waals surface area contributed by atoms with Crippen LogP contribution < -0.4 is 4.90 Å². The summed E-state index contributed by atoms with van der Waals surface area (Å²) in [5, 5.41) is 1.39. The Kier molecular flexibility index (Phi) is 3.93. The van der Waals surface area contributed by atoms with Crippen LogP contribution >= 0.6 is 0 Å². The molecule has 4 heterocycles. The van der Waals surface area contributed by atoms with E-state index in [-0.39, 0.29) is 0 Å². The number of aryl methyl sites for hydroxylation is 1. The minimum absolute atomic E-state index is 0.972. The monoisotopic (exact) mass is 384 g/mol. The largest absolute Gasteiger partial charge is 0.367 e. The fraction of sp³-hybridized carbons (Fsp3) is 0.400. The third-order valence-electron chi connectivity index (χ3n) is 6.88. The van der Waals surface area contributed by atoms with Crippen LogP contribution in [-0.4, -0.2) is 35.4 Å². The molecule has 0 amide bonds. The zero-order valence-electron chi connectivity index (χ0n) is 17.2. The Morgan fingerprint density at radius 3 is 2.72 bits per heavy atom. The first-order valence-corrected chi connectivity index (χ1v) is 11.0. The van der Waals surface area contributed by atoms with Crippen LogP contribution in [0.2, 0.25) is 0 Å². The summed E-state index contributed by atoms with van der Waals surface area (Å²) in [5.41, 5.74) is 9.35. The third kappa shape index (κ3) is 2.93. The molecule has 3 aliphatic rings. The Balaban J connectivity index is 1.29. The van der Waals surface area contributed by atoms with E-state index >= 15 is 0 Å². The van der Waals surface area contributed by atoms with Crippen LogP contribution in [0.25, 0.3) is 10.9 Å². The number of anilines is 1. The van der Waals surface area contributed by atoms with E-state index in [4.69, 9.17) is 4.99 Å². The van der Waals surface area contributed by atoms with Crippen LogP contribution in [0.15, 0.2) is 41.4 Å². The molecule has 0 bridgehead atoms. The van der Waals surface area contributed by atoms with E-state index in [9.17, 15) is 0 Å². The van der Waals surface area contributed by atoms with E-state index in [1.54, 1.807) is 0 Å². The molecule has 29 heavy (non-hydrogen) atoms. The predicted octanol–water partition coefficient (Wildman–Crippen LogP) is 5.11. The summed E-state index contributed by atoms with van der Waals surface area (Å²) in [5.74, 6) is 1.28. The van der Waals surface area contributed by atoms with Crippen molar-refractivity contribution in [2.24, 2.45) is 4.99 Å². The van der Waals surface area contributed by atoms with Crippen LogP contribution in [0.4, 0.5) is 11.4 Å². The van der Waals surface area contributed by atoms with Gasteiger partial charge in [-0.15, -0.1) is 0 Å². The van der Waals surface area contributed by atoms with E-state index in [1.807, 2.05) is 0 Å². The minimum atomic E-state index is 0.972. The molecule has 2 aromatic carbocycles. The summed E-state index contributed by atoms with van der Waals surface area (Å²) in [7, 11) is 0. The normalized spacial score (nSPS) is 18.7. The van der Waals surface area contributed by atoms with Gasteiger partial charge in [-0.2, -0.15) is 0 Å². The molecule has 0 saturated carbocycles. The fourth-order valence-corrected chi connectivity index (χ4v) is 5.23. The van der Waals surface area contributed by atoms with Crippen molar-refractivity contribution in [2.75, 3.05) is 24.5 Å². The van der Waals surface area contributed by atoms with E-state index < -0.39 is 0 Å². The molecule has 1 N–H and O–H groups in total. The van der Waals surface area contributed by atoms with Crippen LogP contribution in [0.3, 0.4) is 0 Å². The fourth-order valence-electron chi connectivity index (χ4n) is 5.23. The molecule has 0 spiro atoms. The standard InChI is InChI=1S/C25H28N4/c1-17-5-8-22-20(13-17)21-16-29(12-9-23(21)26-22)19-7-6-18-14-25(27-24(18)15-19)28-10-3-2-4-11-28/h5-8,13,15,26H,2-4,9-12,14,16H2,1H3. The quantitative estimate of drug-likeness (QED) is 0.633. The molecular formula is C25H28N4. The van der Waals surface area contributed by atoms with Gasteiger partial charge in [-0.05, 0) is 56.0 Å². The Hall–Kier alpha value is -2.75. The Bertz CT molecular complexity index is 1120. The van der Waals surface area contributed by atoms with Crippen LogP contribution in [-0.2, 0) is 19.4 Å². The SMILES string of the molecule is Cc1ccc2[nH]c3c(c2c1)CN(c1ccc2c(c1)N=C(N1CCCCC1)C2)CC3. The van der Waals surface area contributed by atoms with Crippen molar-refractivity contribution in [3.05, 3.63) is 58.8 Å². The molecule has 148 valence electrons. The summed E-state index contributed by atoms with van der Waals surface area (Å²) in [6, 6.07) is 13.7. The second-order valence-electron chi connectivity index (χ2n) is 8.87. The molecular weight excluding hydrogens is 356 g/mol. The van der Waals surface area contributed by atoms with E-state index in [1.165, 1.54) is 82.8 Å². The zero-order chi connectivity index (χ0) is 19.4. The number of hydrogen-bond acceptors (Lipinski definition) is 3. The summed E-state index contributed by atoms with van der Waals surface area (Å²) in [6.07, 6.45) is 6.05. The van der Waals surface area contributed by atoms with Gasteiger partial charge in [-0.3, -0.25) is 0 Å². The summed E-state index contributed by atoms with van der Waals surface area (Å²) >= 11 is 0. The number of amidine groups is 1. The summed E-state index contributed by atoms with van der Waals surface area (Å²) in [6.45, 7) is 6.56. The van der Waals surface area contributed by atoms with Gasteiger partial charge < -0.3 is 14.8 Å². The first kappa shape index (κ1) is 17.1. The number of H-pyrrole nitrogens is 1. The van der Waals surface area contributed by atoms with Crippen LogP contribution in [0, 0.1) is 6.92 Å². The number of rotatable bonds is 1. The van der Waals surface area contributed by atoms with Gasteiger partial charge in [0.25, 0.3) is 0 Å². The number of nitrogens with zero attached hydrogens (tertiary/aromatic N) is 3. The first-order valence-electron chi connectivity index (χ1n) is 11.0. The third-order valence-corrected chi connectivity index (χ3v) is 6.88. The number of benzene rings is 2. The van der Waals surface area contributed by atoms with Crippen molar-refractivity contribution < 1.29 is 0 Å². The maximum absolute atomic E-state index is 5.04. The molecule has 6 rings (SSSR count). The maximum Gasteiger partial charge on any atom is 0.109 e. The van der Waals surface area contributed by atoms with Crippen LogP contribution in [0.5, 0.6) is 0 Å². The van der Waals surface area contributed by atoms with Crippen LogP contribution in [0.1, 0.15) is 41.6 Å². The van der Waals surface area contributed by atoms with E-state index in [2.05, 4.69) is 58.1 Å².